The molecule has 0 fully saturated rings. The van der Waals surface area contributed by atoms with Crippen LogP contribution in [0, 0.1) is 0 Å². The van der Waals surface area contributed by atoms with Gasteiger partial charge in [0, 0.05) is 19.4 Å². The first-order valence-electron chi connectivity index (χ1n) is 23.1. The van der Waals surface area contributed by atoms with E-state index in [2.05, 4.69) is 62.5 Å². The quantitative estimate of drug-likeness (QED) is 0.0267. The Hall–Kier alpha value is -2.03. The lowest BCUT2D eigenvalue weighted by molar-refractivity contribution is -0.161. The van der Waals surface area contributed by atoms with Crippen LogP contribution < -0.4 is 5.73 Å². The molecule has 0 aromatic heterocycles. The molecule has 0 aliphatic rings. The molecule has 0 spiro atoms. The van der Waals surface area contributed by atoms with E-state index in [1.807, 2.05) is 0 Å². The molecule has 0 aromatic rings. The van der Waals surface area contributed by atoms with E-state index >= 15 is 0 Å². The van der Waals surface area contributed by atoms with Crippen molar-refractivity contribution in [1.29, 1.82) is 0 Å². The van der Waals surface area contributed by atoms with E-state index in [-0.39, 0.29) is 32.6 Å². The Morgan fingerprint density at radius 2 is 0.965 bits per heavy atom. The maximum absolute atomic E-state index is 12.6. The van der Waals surface area contributed by atoms with Crippen LogP contribution in [0.25, 0.3) is 0 Å². The van der Waals surface area contributed by atoms with Crippen molar-refractivity contribution in [2.24, 2.45) is 5.73 Å². The van der Waals surface area contributed by atoms with Gasteiger partial charge in [-0.1, -0.05) is 172 Å². The van der Waals surface area contributed by atoms with Gasteiger partial charge in [-0.2, -0.15) is 0 Å². The third-order valence-electron chi connectivity index (χ3n) is 9.70. The molecule has 0 aliphatic heterocycles. The second-order valence-electron chi connectivity index (χ2n) is 15.2. The second-order valence-corrected chi connectivity index (χ2v) is 16.7. The largest absolute Gasteiger partial charge is 0.472 e. The molecule has 3 N–H and O–H groups in total. The fourth-order valence-electron chi connectivity index (χ4n) is 6.29. The molecule has 0 saturated carbocycles. The number of rotatable bonds is 43. The average molecular weight is 824 g/mol. The SMILES string of the molecule is CC/C=C\C/C=C\C/C=C\CCCCCCCC(=O)OC[C@H](COP(=O)(O)OCCN)OC(=O)CCCCCCCCCCCCC/C=C\CCCCCCCC. The van der Waals surface area contributed by atoms with Gasteiger partial charge in [-0.05, 0) is 70.6 Å². The summed E-state index contributed by atoms with van der Waals surface area (Å²) >= 11 is 0. The fraction of sp³-hybridized carbons (Fsp3) is 0.787. The summed E-state index contributed by atoms with van der Waals surface area (Å²) in [6, 6.07) is 0. The highest BCUT2D eigenvalue weighted by Gasteiger charge is 2.26. The first-order chi connectivity index (χ1) is 27.8. The van der Waals surface area contributed by atoms with Gasteiger partial charge in [-0.3, -0.25) is 18.6 Å². The van der Waals surface area contributed by atoms with E-state index in [4.69, 9.17) is 24.3 Å². The zero-order chi connectivity index (χ0) is 41.8. The monoisotopic (exact) mass is 824 g/mol. The van der Waals surface area contributed by atoms with Gasteiger partial charge < -0.3 is 20.1 Å². The average Bonchev–Trinajstić information content (AvgIpc) is 3.20. The predicted octanol–water partition coefficient (Wildman–Crippen LogP) is 13.5. The van der Waals surface area contributed by atoms with Crippen LogP contribution in [0.4, 0.5) is 0 Å². The number of nitrogens with two attached hydrogens (primary N) is 1. The number of esters is 2. The van der Waals surface area contributed by atoms with Gasteiger partial charge in [0.05, 0.1) is 13.2 Å². The van der Waals surface area contributed by atoms with E-state index in [0.717, 1.165) is 70.6 Å². The predicted molar refractivity (Wildman–Crippen MR) is 238 cm³/mol. The van der Waals surface area contributed by atoms with Crippen LogP contribution in [0.1, 0.15) is 206 Å². The number of carbonyl (C=O) groups excluding carboxylic acids is 2. The minimum atomic E-state index is -4.38. The maximum Gasteiger partial charge on any atom is 0.472 e. The highest BCUT2D eigenvalue weighted by Crippen LogP contribution is 2.43. The molecule has 0 rings (SSSR count). The van der Waals surface area contributed by atoms with Crippen molar-refractivity contribution in [3.05, 3.63) is 48.6 Å². The minimum absolute atomic E-state index is 0.0497. The summed E-state index contributed by atoms with van der Waals surface area (Å²) in [6.45, 7) is 3.61. The Balaban J connectivity index is 4.10. The Labute approximate surface area is 349 Å². The Morgan fingerprint density at radius 1 is 0.544 bits per heavy atom. The molecule has 1 unspecified atom stereocenters. The third-order valence-corrected chi connectivity index (χ3v) is 10.7. The van der Waals surface area contributed by atoms with Crippen LogP contribution in [-0.2, 0) is 32.7 Å². The number of ether oxygens (including phenoxy) is 2. The molecule has 2 atom stereocenters. The Morgan fingerprint density at radius 3 is 1.46 bits per heavy atom. The summed E-state index contributed by atoms with van der Waals surface area (Å²) in [5, 5.41) is 0. The summed E-state index contributed by atoms with van der Waals surface area (Å²) in [5.41, 5.74) is 5.35. The van der Waals surface area contributed by atoms with Crippen molar-refractivity contribution >= 4 is 19.8 Å². The van der Waals surface area contributed by atoms with E-state index in [9.17, 15) is 19.0 Å². The first kappa shape index (κ1) is 55.0. The van der Waals surface area contributed by atoms with E-state index in [1.54, 1.807) is 0 Å². The standard InChI is InChI=1S/C47H86NO8P/c1-3-5-7-9-11-13-15-17-19-20-21-22-23-24-26-28-30-32-34-36-38-40-47(50)56-45(44-55-57(51,52)54-42-41-48)43-53-46(49)39-37-35-33-31-29-27-25-18-16-14-12-10-8-6-4-2/h6,8,12,14,17-19,25,45H,3-5,7,9-11,13,15-16,20-24,26-44,48H2,1-2H3,(H,51,52)/b8-6-,14-12-,19-17-,25-18-/t45-/m1/s1. The maximum atomic E-state index is 12.6. The topological polar surface area (TPSA) is 134 Å². The van der Waals surface area contributed by atoms with Gasteiger partial charge in [0.25, 0.3) is 0 Å². The normalized spacial score (nSPS) is 13.7. The summed E-state index contributed by atoms with van der Waals surface area (Å²) in [5.74, 6) is -0.847. The number of hydrogen-bond acceptors (Lipinski definition) is 8. The van der Waals surface area contributed by atoms with Gasteiger partial charge in [-0.15, -0.1) is 0 Å². The van der Waals surface area contributed by atoms with E-state index in [0.29, 0.717) is 12.8 Å². The number of carbonyl (C=O) groups is 2. The van der Waals surface area contributed by atoms with Gasteiger partial charge in [0.2, 0.25) is 0 Å². The third kappa shape index (κ3) is 43.4. The zero-order valence-electron chi connectivity index (χ0n) is 36.6. The molecule has 10 heteroatoms. The smallest absolute Gasteiger partial charge is 0.462 e. The molecule has 332 valence electrons. The van der Waals surface area contributed by atoms with E-state index in [1.165, 1.54) is 96.3 Å². The lowest BCUT2D eigenvalue weighted by Gasteiger charge is -2.19. The number of allylic oxidation sites excluding steroid dienone is 8. The van der Waals surface area contributed by atoms with Crippen molar-refractivity contribution in [1.82, 2.24) is 0 Å². The molecule has 9 nitrogen and oxygen atoms in total. The Bertz CT molecular complexity index is 1080. The molecule has 0 amide bonds. The number of phosphoric acid groups is 1. The van der Waals surface area contributed by atoms with Gasteiger partial charge in [0.15, 0.2) is 6.10 Å². The molecular weight excluding hydrogens is 737 g/mol. The lowest BCUT2D eigenvalue weighted by Crippen LogP contribution is -2.29. The number of hydrogen-bond donors (Lipinski definition) is 2. The molecule has 0 aliphatic carbocycles. The van der Waals surface area contributed by atoms with Crippen LogP contribution in [0.2, 0.25) is 0 Å². The molecular formula is C47H86NO8P. The molecule has 0 radical (unpaired) electrons. The van der Waals surface area contributed by atoms with Gasteiger partial charge >= 0.3 is 19.8 Å². The van der Waals surface area contributed by atoms with Crippen molar-refractivity contribution in [3.8, 4) is 0 Å². The second kappa shape index (κ2) is 43.5. The van der Waals surface area contributed by atoms with Crippen molar-refractivity contribution < 1.29 is 37.6 Å². The molecule has 0 saturated heterocycles. The van der Waals surface area contributed by atoms with Crippen molar-refractivity contribution in [2.45, 2.75) is 213 Å². The summed E-state index contributed by atoms with van der Waals surface area (Å²) in [6.07, 6.45) is 50.0. The van der Waals surface area contributed by atoms with Gasteiger partial charge in [0.1, 0.15) is 6.61 Å². The van der Waals surface area contributed by atoms with Crippen LogP contribution in [0.15, 0.2) is 48.6 Å². The highest BCUT2D eigenvalue weighted by atomic mass is 31.2. The summed E-state index contributed by atoms with van der Waals surface area (Å²) in [4.78, 5) is 34.9. The van der Waals surface area contributed by atoms with Crippen LogP contribution in [-0.4, -0.2) is 49.3 Å². The zero-order valence-corrected chi connectivity index (χ0v) is 37.5. The number of phosphoric ester groups is 1. The highest BCUT2D eigenvalue weighted by molar-refractivity contribution is 7.47. The Kier molecular flexibility index (Phi) is 42.0. The molecule has 0 aromatic carbocycles. The molecule has 0 heterocycles. The van der Waals surface area contributed by atoms with Crippen LogP contribution >= 0.6 is 7.82 Å². The van der Waals surface area contributed by atoms with Crippen molar-refractivity contribution in [2.75, 3.05) is 26.4 Å². The summed E-state index contributed by atoms with van der Waals surface area (Å²) in [7, 11) is -4.38. The number of unbranched alkanes of at least 4 members (excludes halogenated alkanes) is 22. The summed E-state index contributed by atoms with van der Waals surface area (Å²) < 4.78 is 32.8. The van der Waals surface area contributed by atoms with Crippen LogP contribution in [0.3, 0.4) is 0 Å². The molecule has 0 bridgehead atoms. The van der Waals surface area contributed by atoms with Crippen LogP contribution in [0.5, 0.6) is 0 Å². The fourth-order valence-corrected chi connectivity index (χ4v) is 7.06. The lowest BCUT2D eigenvalue weighted by atomic mass is 10.0. The minimum Gasteiger partial charge on any atom is -0.462 e. The van der Waals surface area contributed by atoms with Crippen molar-refractivity contribution in [3.63, 3.8) is 0 Å². The molecule has 57 heavy (non-hydrogen) atoms. The first-order valence-corrected chi connectivity index (χ1v) is 24.6. The van der Waals surface area contributed by atoms with Gasteiger partial charge in [-0.25, -0.2) is 4.57 Å². The van der Waals surface area contributed by atoms with E-state index < -0.39 is 32.5 Å².